The van der Waals surface area contributed by atoms with Crippen LogP contribution in [0.25, 0.3) is 0 Å². The number of halogens is 2. The number of amides is 1. The number of carbonyl (C=O) groups excluding carboxylic acids is 1. The molecule has 0 heterocycles. The van der Waals surface area contributed by atoms with Gasteiger partial charge in [-0.2, -0.15) is 0 Å². The second-order valence-corrected chi connectivity index (χ2v) is 3.91. The van der Waals surface area contributed by atoms with Crippen molar-refractivity contribution < 1.29 is 9.53 Å². The van der Waals surface area contributed by atoms with E-state index in [0.29, 0.717) is 23.1 Å². The zero-order valence-electron chi connectivity index (χ0n) is 8.50. The lowest BCUT2D eigenvalue weighted by molar-refractivity contribution is 0.157. The Kier molecular flexibility index (Phi) is 5.38. The normalized spacial score (nSPS) is 10.1. The van der Waals surface area contributed by atoms with Gasteiger partial charge in [-0.3, -0.25) is 0 Å². The van der Waals surface area contributed by atoms with Crippen LogP contribution in [0.4, 0.5) is 4.79 Å². The van der Waals surface area contributed by atoms with Gasteiger partial charge >= 0.3 is 6.09 Å². The molecule has 1 amide bonds. The topological polar surface area (TPSA) is 64.4 Å². The molecule has 88 valence electrons. The quantitative estimate of drug-likeness (QED) is 0.800. The maximum atomic E-state index is 10.3. The van der Waals surface area contributed by atoms with E-state index >= 15 is 0 Å². The van der Waals surface area contributed by atoms with Crippen LogP contribution in [0.15, 0.2) is 18.2 Å². The molecular weight excluding hydrogens is 251 g/mol. The van der Waals surface area contributed by atoms with Crippen LogP contribution in [0.5, 0.6) is 0 Å². The van der Waals surface area contributed by atoms with Crippen LogP contribution >= 0.6 is 23.2 Å². The number of nitrogens with two attached hydrogens (primary N) is 1. The third-order valence-electron chi connectivity index (χ3n) is 1.84. The Balaban J connectivity index is 2.27. The summed E-state index contributed by atoms with van der Waals surface area (Å²) in [5.74, 6) is 0. The third kappa shape index (κ3) is 4.70. The fourth-order valence-corrected chi connectivity index (χ4v) is 1.43. The van der Waals surface area contributed by atoms with Crippen LogP contribution < -0.4 is 11.1 Å². The highest BCUT2D eigenvalue weighted by Gasteiger charge is 1.99. The Bertz CT molecular complexity index is 372. The summed E-state index contributed by atoms with van der Waals surface area (Å²) in [6.07, 6.45) is -0.767. The zero-order chi connectivity index (χ0) is 12.0. The van der Waals surface area contributed by atoms with Crippen molar-refractivity contribution in [2.75, 3.05) is 13.2 Å². The van der Waals surface area contributed by atoms with Gasteiger partial charge in [0.25, 0.3) is 0 Å². The van der Waals surface area contributed by atoms with Crippen molar-refractivity contribution in [3.8, 4) is 0 Å². The van der Waals surface area contributed by atoms with E-state index < -0.39 is 6.09 Å². The van der Waals surface area contributed by atoms with E-state index in [1.54, 1.807) is 12.1 Å². The first-order valence-corrected chi connectivity index (χ1v) is 5.42. The van der Waals surface area contributed by atoms with Crippen LogP contribution in [0.3, 0.4) is 0 Å². The summed E-state index contributed by atoms with van der Waals surface area (Å²) in [6.45, 7) is 1.40. The second-order valence-electron chi connectivity index (χ2n) is 3.09. The van der Waals surface area contributed by atoms with Crippen molar-refractivity contribution in [3.05, 3.63) is 33.8 Å². The fourth-order valence-electron chi connectivity index (χ4n) is 1.11. The van der Waals surface area contributed by atoms with Crippen LogP contribution in [0.1, 0.15) is 5.56 Å². The van der Waals surface area contributed by atoms with E-state index in [4.69, 9.17) is 28.9 Å². The molecule has 0 atom stereocenters. The summed E-state index contributed by atoms with van der Waals surface area (Å²) in [7, 11) is 0. The van der Waals surface area contributed by atoms with Gasteiger partial charge in [-0.05, 0) is 17.7 Å². The standard InChI is InChI=1S/C10H12Cl2N2O2/c11-8-2-1-7(5-9(8)12)6-14-3-4-16-10(13)15/h1-2,5,14H,3-4,6H2,(H2,13,15). The van der Waals surface area contributed by atoms with Gasteiger partial charge in [0.05, 0.1) is 10.0 Å². The van der Waals surface area contributed by atoms with Crippen molar-refractivity contribution in [2.45, 2.75) is 6.54 Å². The predicted octanol–water partition coefficient (Wildman–Crippen LogP) is 2.18. The molecule has 0 saturated carbocycles. The molecule has 16 heavy (non-hydrogen) atoms. The number of ether oxygens (including phenoxy) is 1. The average molecular weight is 263 g/mol. The molecule has 0 spiro atoms. The Morgan fingerprint density at radius 2 is 2.12 bits per heavy atom. The lowest BCUT2D eigenvalue weighted by Gasteiger charge is -2.05. The number of hydrogen-bond acceptors (Lipinski definition) is 3. The summed E-state index contributed by atoms with van der Waals surface area (Å²) < 4.78 is 4.55. The highest BCUT2D eigenvalue weighted by Crippen LogP contribution is 2.22. The Morgan fingerprint density at radius 1 is 1.38 bits per heavy atom. The monoisotopic (exact) mass is 262 g/mol. The summed E-state index contributed by atoms with van der Waals surface area (Å²) in [5, 5.41) is 4.12. The molecule has 0 aliphatic carbocycles. The van der Waals surface area contributed by atoms with Gasteiger partial charge in [0.15, 0.2) is 0 Å². The van der Waals surface area contributed by atoms with Crippen LogP contribution in [-0.4, -0.2) is 19.2 Å². The van der Waals surface area contributed by atoms with E-state index in [0.717, 1.165) is 5.56 Å². The molecule has 1 aromatic carbocycles. The molecule has 0 radical (unpaired) electrons. The van der Waals surface area contributed by atoms with Crippen molar-refractivity contribution in [3.63, 3.8) is 0 Å². The smallest absolute Gasteiger partial charge is 0.404 e. The van der Waals surface area contributed by atoms with Crippen LogP contribution in [0.2, 0.25) is 10.0 Å². The Labute approximate surface area is 104 Å². The van der Waals surface area contributed by atoms with Gasteiger partial charge in [0.1, 0.15) is 6.61 Å². The lowest BCUT2D eigenvalue weighted by Crippen LogP contribution is -2.23. The number of rotatable bonds is 5. The number of carbonyl (C=O) groups is 1. The summed E-state index contributed by atoms with van der Waals surface area (Å²) in [4.78, 5) is 10.3. The first kappa shape index (κ1) is 13.1. The lowest BCUT2D eigenvalue weighted by atomic mass is 10.2. The third-order valence-corrected chi connectivity index (χ3v) is 2.58. The first-order chi connectivity index (χ1) is 7.59. The second kappa shape index (κ2) is 6.58. The molecule has 6 heteroatoms. The highest BCUT2D eigenvalue weighted by molar-refractivity contribution is 6.42. The molecule has 0 aliphatic heterocycles. The molecule has 3 N–H and O–H groups in total. The minimum Gasteiger partial charge on any atom is -0.448 e. The maximum absolute atomic E-state index is 10.3. The fraction of sp³-hybridized carbons (Fsp3) is 0.300. The van der Waals surface area contributed by atoms with Crippen molar-refractivity contribution in [1.82, 2.24) is 5.32 Å². The zero-order valence-corrected chi connectivity index (χ0v) is 10.0. The number of benzene rings is 1. The number of primary amides is 1. The van der Waals surface area contributed by atoms with Crippen molar-refractivity contribution in [1.29, 1.82) is 0 Å². The minimum absolute atomic E-state index is 0.247. The molecule has 1 rings (SSSR count). The van der Waals surface area contributed by atoms with E-state index in [2.05, 4.69) is 10.1 Å². The summed E-state index contributed by atoms with van der Waals surface area (Å²) in [5.41, 5.74) is 5.81. The van der Waals surface area contributed by atoms with Gasteiger partial charge in [-0.1, -0.05) is 29.3 Å². The highest BCUT2D eigenvalue weighted by atomic mass is 35.5. The number of nitrogens with one attached hydrogen (secondary N) is 1. The number of hydrogen-bond donors (Lipinski definition) is 2. The van der Waals surface area contributed by atoms with Crippen molar-refractivity contribution in [2.24, 2.45) is 5.73 Å². The van der Waals surface area contributed by atoms with E-state index in [1.807, 2.05) is 6.07 Å². The van der Waals surface area contributed by atoms with Gasteiger partial charge in [0.2, 0.25) is 0 Å². The molecule has 4 nitrogen and oxygen atoms in total. The first-order valence-electron chi connectivity index (χ1n) is 4.66. The Hall–Kier alpha value is -0.970. The molecule has 0 aliphatic rings. The molecule has 0 fully saturated rings. The van der Waals surface area contributed by atoms with Gasteiger partial charge < -0.3 is 15.8 Å². The summed E-state index contributed by atoms with van der Waals surface area (Å²) in [6, 6.07) is 5.39. The molecule has 0 aromatic heterocycles. The van der Waals surface area contributed by atoms with Crippen LogP contribution in [-0.2, 0) is 11.3 Å². The minimum atomic E-state index is -0.767. The van der Waals surface area contributed by atoms with Gasteiger partial charge in [-0.25, -0.2) is 4.79 Å². The molecule has 0 saturated heterocycles. The van der Waals surface area contributed by atoms with Crippen molar-refractivity contribution >= 4 is 29.3 Å². The molecular formula is C10H12Cl2N2O2. The molecule has 0 unspecified atom stereocenters. The SMILES string of the molecule is NC(=O)OCCNCc1ccc(Cl)c(Cl)c1. The maximum Gasteiger partial charge on any atom is 0.404 e. The van der Waals surface area contributed by atoms with Gasteiger partial charge in [0, 0.05) is 13.1 Å². The van der Waals surface area contributed by atoms with Crippen LogP contribution in [0, 0.1) is 0 Å². The molecule has 0 bridgehead atoms. The van der Waals surface area contributed by atoms with Gasteiger partial charge in [-0.15, -0.1) is 0 Å². The van der Waals surface area contributed by atoms with E-state index in [9.17, 15) is 4.79 Å². The summed E-state index contributed by atoms with van der Waals surface area (Å²) >= 11 is 11.6. The van der Waals surface area contributed by atoms with E-state index in [-0.39, 0.29) is 6.61 Å². The predicted molar refractivity (Wildman–Crippen MR) is 63.7 cm³/mol. The van der Waals surface area contributed by atoms with E-state index in [1.165, 1.54) is 0 Å². The Morgan fingerprint density at radius 3 is 2.75 bits per heavy atom. The average Bonchev–Trinajstić information content (AvgIpc) is 2.22. The largest absolute Gasteiger partial charge is 0.448 e. The molecule has 1 aromatic rings.